The molecule has 1 unspecified atom stereocenters. The Labute approximate surface area is 116 Å². The van der Waals surface area contributed by atoms with E-state index in [4.69, 9.17) is 0 Å². The largest absolute Gasteiger partial charge is 0.296 e. The van der Waals surface area contributed by atoms with Gasteiger partial charge in [-0.15, -0.1) is 0 Å². The van der Waals surface area contributed by atoms with Crippen LogP contribution in [-0.4, -0.2) is 33.5 Å². The summed E-state index contributed by atoms with van der Waals surface area (Å²) >= 11 is 0. The van der Waals surface area contributed by atoms with Crippen molar-refractivity contribution in [3.05, 3.63) is 41.6 Å². The number of rotatable bonds is 2. The lowest BCUT2D eigenvalue weighted by molar-refractivity contribution is -0.117. The first-order valence-corrected chi connectivity index (χ1v) is 7.36. The zero-order valence-corrected chi connectivity index (χ0v) is 11.1. The molecule has 1 aromatic carbocycles. The molecule has 0 aliphatic carbocycles. The Hall–Kier alpha value is -2.34. The zero-order chi connectivity index (χ0) is 14.1. The number of benzene rings is 1. The van der Waals surface area contributed by atoms with Gasteiger partial charge in [-0.05, 0) is 29.1 Å². The molecule has 2 heterocycles. The Morgan fingerprint density at radius 2 is 2.05 bits per heavy atom. The summed E-state index contributed by atoms with van der Waals surface area (Å²) in [6.45, 7) is 0. The third-order valence-corrected chi connectivity index (χ3v) is 4.61. The topological polar surface area (TPSA) is 76.1 Å². The molecule has 6 heteroatoms. The van der Waals surface area contributed by atoms with Gasteiger partial charge in [-0.25, -0.2) is 4.98 Å². The number of carbonyl (C=O) groups excluding carboxylic acids is 3. The highest BCUT2D eigenvalue weighted by Crippen LogP contribution is 2.21. The number of aldehydes is 1. The van der Waals surface area contributed by atoms with E-state index >= 15 is 0 Å². The number of nitrogens with zero attached hydrogens (tertiary/aromatic N) is 1. The first-order chi connectivity index (χ1) is 9.65. The van der Waals surface area contributed by atoms with Gasteiger partial charge >= 0.3 is 0 Å². The molecule has 5 nitrogen and oxygen atoms in total. The Balaban J connectivity index is 2.01. The Morgan fingerprint density at radius 1 is 1.20 bits per heavy atom. The molecule has 100 valence electrons. The lowest BCUT2D eigenvalue weighted by Crippen LogP contribution is -2.18. The summed E-state index contributed by atoms with van der Waals surface area (Å²) in [5.41, 5.74) is 1.98. The summed E-state index contributed by atoms with van der Waals surface area (Å²) in [7, 11) is -0.703. The van der Waals surface area contributed by atoms with Crippen molar-refractivity contribution in [1.82, 2.24) is 10.3 Å². The van der Waals surface area contributed by atoms with Crippen LogP contribution >= 0.6 is 10.5 Å². The summed E-state index contributed by atoms with van der Waals surface area (Å²) in [5.74, 6) is -0.00759. The molecule has 0 spiro atoms. The third kappa shape index (κ3) is 2.37. The van der Waals surface area contributed by atoms with Crippen molar-refractivity contribution in [1.29, 1.82) is 0 Å². The number of nitrogens with one attached hydrogen (secondary N) is 1. The lowest BCUT2D eigenvalue weighted by atomic mass is 10.1. The monoisotopic (exact) mass is 286 g/mol. The second-order valence-corrected chi connectivity index (χ2v) is 6.09. The number of hydrogen-bond acceptors (Lipinski definition) is 4. The standard InChI is InChI=1S/C14H10N2O3S/c17-6-11-3-2-10-5-9(1-4-12(10)15-11)7-20-8-13(18)16-14(20)19/h1-7H,8H2,(H,16,18,19). The summed E-state index contributed by atoms with van der Waals surface area (Å²) in [5, 5.41) is 4.75. The maximum Gasteiger partial charge on any atom is 0.280 e. The van der Waals surface area contributed by atoms with Crippen molar-refractivity contribution >= 4 is 44.2 Å². The number of amides is 2. The van der Waals surface area contributed by atoms with E-state index in [2.05, 4.69) is 10.3 Å². The molecule has 0 saturated carbocycles. The van der Waals surface area contributed by atoms with E-state index in [0.29, 0.717) is 12.0 Å². The van der Waals surface area contributed by atoms with Gasteiger partial charge in [0.25, 0.3) is 5.24 Å². The van der Waals surface area contributed by atoms with Crippen molar-refractivity contribution in [3.8, 4) is 0 Å². The maximum atomic E-state index is 11.5. The molecule has 20 heavy (non-hydrogen) atoms. The fourth-order valence-electron chi connectivity index (χ4n) is 1.98. The summed E-state index contributed by atoms with van der Waals surface area (Å²) in [6, 6.07) is 8.97. The quantitative estimate of drug-likeness (QED) is 0.673. The molecule has 3 rings (SSSR count). The van der Waals surface area contributed by atoms with Gasteiger partial charge in [0.1, 0.15) is 5.69 Å². The van der Waals surface area contributed by atoms with Crippen LogP contribution < -0.4 is 5.32 Å². The number of fused-ring (bicyclic) bond motifs is 1. The van der Waals surface area contributed by atoms with Gasteiger partial charge < -0.3 is 0 Å². The van der Waals surface area contributed by atoms with E-state index < -0.39 is 10.5 Å². The van der Waals surface area contributed by atoms with Crippen molar-refractivity contribution in [2.75, 3.05) is 5.75 Å². The van der Waals surface area contributed by atoms with E-state index in [-0.39, 0.29) is 16.9 Å². The molecule has 1 atom stereocenters. The van der Waals surface area contributed by atoms with Crippen LogP contribution in [0.3, 0.4) is 0 Å². The van der Waals surface area contributed by atoms with Gasteiger partial charge in [-0.1, -0.05) is 22.6 Å². The molecule has 1 fully saturated rings. The normalized spacial score (nSPS) is 18.5. The number of pyridine rings is 1. The van der Waals surface area contributed by atoms with E-state index in [1.807, 2.05) is 18.2 Å². The van der Waals surface area contributed by atoms with Gasteiger partial charge in [0.2, 0.25) is 5.91 Å². The number of imide groups is 1. The molecule has 2 amide bonds. The molecule has 1 N–H and O–H groups in total. The van der Waals surface area contributed by atoms with E-state index in [0.717, 1.165) is 16.5 Å². The smallest absolute Gasteiger partial charge is 0.280 e. The molecule has 0 bridgehead atoms. The highest BCUT2D eigenvalue weighted by atomic mass is 32.2. The molecule has 1 aliphatic rings. The van der Waals surface area contributed by atoms with E-state index in [9.17, 15) is 14.4 Å². The fraction of sp³-hybridized carbons (Fsp3) is 0.0714. The van der Waals surface area contributed by atoms with Gasteiger partial charge in [0, 0.05) is 5.39 Å². The molecule has 0 radical (unpaired) electrons. The van der Waals surface area contributed by atoms with E-state index in [1.165, 1.54) is 0 Å². The Kier molecular flexibility index (Phi) is 3.15. The molecular formula is C14H10N2O3S. The number of hydrogen-bond donors (Lipinski definition) is 1. The summed E-state index contributed by atoms with van der Waals surface area (Å²) < 4.78 is 0. The van der Waals surface area contributed by atoms with Gasteiger partial charge in [-0.3, -0.25) is 19.7 Å². The van der Waals surface area contributed by atoms with Crippen LogP contribution in [0.5, 0.6) is 0 Å². The van der Waals surface area contributed by atoms with Crippen LogP contribution in [0, 0.1) is 0 Å². The lowest BCUT2D eigenvalue weighted by Gasteiger charge is -2.01. The van der Waals surface area contributed by atoms with E-state index in [1.54, 1.807) is 17.5 Å². The van der Waals surface area contributed by atoms with Crippen molar-refractivity contribution in [2.24, 2.45) is 0 Å². The minimum Gasteiger partial charge on any atom is -0.296 e. The molecular weight excluding hydrogens is 276 g/mol. The van der Waals surface area contributed by atoms with Crippen LogP contribution in [0.25, 0.3) is 10.9 Å². The molecule has 1 aromatic heterocycles. The predicted molar refractivity (Wildman–Crippen MR) is 78.3 cm³/mol. The average Bonchev–Trinajstić information content (AvgIpc) is 2.76. The Bertz CT molecular complexity index is 783. The number of carbonyl (C=O) groups is 3. The Morgan fingerprint density at radius 3 is 2.75 bits per heavy atom. The molecule has 2 aromatic rings. The predicted octanol–water partition coefficient (Wildman–Crippen LogP) is 1.72. The van der Waals surface area contributed by atoms with Crippen molar-refractivity contribution in [2.45, 2.75) is 0 Å². The second kappa shape index (κ2) is 4.97. The highest BCUT2D eigenvalue weighted by molar-refractivity contribution is 8.28. The third-order valence-electron chi connectivity index (χ3n) is 2.90. The minimum atomic E-state index is -0.703. The van der Waals surface area contributed by atoms with Crippen LogP contribution in [0.15, 0.2) is 30.3 Å². The average molecular weight is 286 g/mol. The minimum absolute atomic E-state index is 0.221. The maximum absolute atomic E-state index is 11.5. The first-order valence-electron chi connectivity index (χ1n) is 5.90. The molecule has 1 saturated heterocycles. The van der Waals surface area contributed by atoms with Crippen molar-refractivity contribution < 1.29 is 14.4 Å². The second-order valence-electron chi connectivity index (χ2n) is 4.33. The summed E-state index contributed by atoms with van der Waals surface area (Å²) in [6.07, 6.45) is 0.704. The highest BCUT2D eigenvalue weighted by Gasteiger charge is 2.22. The van der Waals surface area contributed by atoms with Gasteiger partial charge in [0.05, 0.1) is 11.3 Å². The van der Waals surface area contributed by atoms with Crippen LogP contribution in [0.1, 0.15) is 16.1 Å². The van der Waals surface area contributed by atoms with Crippen LogP contribution in [0.2, 0.25) is 0 Å². The first kappa shape index (κ1) is 12.7. The fourth-order valence-corrected chi connectivity index (χ4v) is 3.38. The SMILES string of the molecule is O=Cc1ccc2cc(/C=S3\CC(=O)NC3=O)ccc2n1. The van der Waals surface area contributed by atoms with Crippen LogP contribution in [-0.2, 0) is 4.79 Å². The number of aromatic nitrogens is 1. The van der Waals surface area contributed by atoms with Crippen LogP contribution in [0.4, 0.5) is 4.79 Å². The van der Waals surface area contributed by atoms with Gasteiger partial charge in [-0.2, -0.15) is 0 Å². The summed E-state index contributed by atoms with van der Waals surface area (Å²) in [4.78, 5) is 37.5. The zero-order valence-electron chi connectivity index (χ0n) is 10.3. The molecule has 1 aliphatic heterocycles. The van der Waals surface area contributed by atoms with Crippen molar-refractivity contribution in [3.63, 3.8) is 0 Å². The van der Waals surface area contributed by atoms with Gasteiger partial charge in [0.15, 0.2) is 6.29 Å².